The Morgan fingerprint density at radius 3 is 2.50 bits per heavy atom. The molecule has 0 aliphatic rings. The number of nitrogens with zero attached hydrogens (tertiary/aromatic N) is 1. The van der Waals surface area contributed by atoms with Crippen LogP contribution in [0, 0.1) is 0 Å². The van der Waals surface area contributed by atoms with E-state index in [2.05, 4.69) is 9.72 Å². The Labute approximate surface area is 98.6 Å². The minimum Gasteiger partial charge on any atom is -0.462 e. The van der Waals surface area contributed by atoms with Gasteiger partial charge in [0, 0.05) is 11.8 Å². The molecular formula is C10H8F5NO2. The van der Waals surface area contributed by atoms with Crippen molar-refractivity contribution in [1.82, 2.24) is 4.98 Å². The molecule has 1 heterocycles. The van der Waals surface area contributed by atoms with E-state index in [0.717, 1.165) is 0 Å². The highest BCUT2D eigenvalue weighted by atomic mass is 19.4. The van der Waals surface area contributed by atoms with Gasteiger partial charge in [0.25, 0.3) is 6.43 Å². The van der Waals surface area contributed by atoms with Gasteiger partial charge >= 0.3 is 12.1 Å². The first-order chi connectivity index (χ1) is 8.29. The van der Waals surface area contributed by atoms with Crippen molar-refractivity contribution in [2.45, 2.75) is 19.5 Å². The van der Waals surface area contributed by atoms with Crippen LogP contribution in [0.25, 0.3) is 0 Å². The van der Waals surface area contributed by atoms with E-state index in [1.54, 1.807) is 0 Å². The van der Waals surface area contributed by atoms with Gasteiger partial charge in [-0.3, -0.25) is 4.98 Å². The summed E-state index contributed by atoms with van der Waals surface area (Å²) in [5.41, 5.74) is -3.95. The van der Waals surface area contributed by atoms with Crippen molar-refractivity contribution < 1.29 is 31.5 Å². The van der Waals surface area contributed by atoms with Gasteiger partial charge in [0.15, 0.2) is 5.69 Å². The topological polar surface area (TPSA) is 39.2 Å². The Morgan fingerprint density at radius 2 is 2.06 bits per heavy atom. The Bertz CT molecular complexity index is 444. The molecule has 1 aromatic rings. The van der Waals surface area contributed by atoms with Crippen LogP contribution >= 0.6 is 0 Å². The molecular weight excluding hydrogens is 261 g/mol. The summed E-state index contributed by atoms with van der Waals surface area (Å²) in [5.74, 6) is -1.46. The van der Waals surface area contributed by atoms with Crippen LogP contribution in [0.1, 0.15) is 35.0 Å². The lowest BCUT2D eigenvalue weighted by Crippen LogP contribution is -2.19. The molecule has 0 fully saturated rings. The second kappa shape index (κ2) is 5.28. The summed E-state index contributed by atoms with van der Waals surface area (Å²) < 4.78 is 67.3. The van der Waals surface area contributed by atoms with Crippen molar-refractivity contribution in [3.05, 3.63) is 29.1 Å². The van der Waals surface area contributed by atoms with E-state index in [-0.39, 0.29) is 6.61 Å². The molecule has 0 N–H and O–H groups in total. The van der Waals surface area contributed by atoms with E-state index in [0.29, 0.717) is 12.3 Å². The maximum Gasteiger partial charge on any atom is 0.434 e. The summed E-state index contributed by atoms with van der Waals surface area (Å²) in [6.07, 6.45) is -7.66. The number of ether oxygens (including phenoxy) is 1. The monoisotopic (exact) mass is 269 g/mol. The molecule has 0 aliphatic heterocycles. The third kappa shape index (κ3) is 2.93. The number of carbonyl (C=O) groups is 1. The van der Waals surface area contributed by atoms with E-state index in [1.165, 1.54) is 6.92 Å². The van der Waals surface area contributed by atoms with Crippen molar-refractivity contribution in [3.8, 4) is 0 Å². The summed E-state index contributed by atoms with van der Waals surface area (Å²) in [7, 11) is 0. The summed E-state index contributed by atoms with van der Waals surface area (Å²) in [4.78, 5) is 14.3. The number of esters is 1. The summed E-state index contributed by atoms with van der Waals surface area (Å²) in [5, 5.41) is 0. The van der Waals surface area contributed by atoms with Crippen molar-refractivity contribution in [2.24, 2.45) is 0 Å². The molecule has 0 bridgehead atoms. The van der Waals surface area contributed by atoms with Gasteiger partial charge in [-0.1, -0.05) is 0 Å². The first-order valence-electron chi connectivity index (χ1n) is 4.80. The van der Waals surface area contributed by atoms with E-state index in [9.17, 15) is 26.7 Å². The van der Waals surface area contributed by atoms with Crippen LogP contribution in [0.5, 0.6) is 0 Å². The molecule has 0 amide bonds. The van der Waals surface area contributed by atoms with Gasteiger partial charge in [-0.2, -0.15) is 13.2 Å². The minimum absolute atomic E-state index is 0.228. The molecule has 0 atom stereocenters. The van der Waals surface area contributed by atoms with Gasteiger partial charge in [-0.15, -0.1) is 0 Å². The highest BCUT2D eigenvalue weighted by molar-refractivity contribution is 5.92. The molecule has 0 saturated carbocycles. The van der Waals surface area contributed by atoms with E-state index in [1.807, 2.05) is 0 Å². The number of halogens is 5. The molecule has 0 radical (unpaired) electrons. The third-order valence-corrected chi connectivity index (χ3v) is 1.97. The molecule has 1 aromatic heterocycles. The number of pyridine rings is 1. The quantitative estimate of drug-likeness (QED) is 0.624. The molecule has 0 saturated heterocycles. The Kier molecular flexibility index (Phi) is 4.20. The Hall–Kier alpha value is -1.73. The van der Waals surface area contributed by atoms with Gasteiger partial charge in [0.1, 0.15) is 0 Å². The number of alkyl halides is 5. The highest BCUT2D eigenvalue weighted by Gasteiger charge is 2.40. The van der Waals surface area contributed by atoms with E-state index < -0.39 is 35.4 Å². The maximum absolute atomic E-state index is 12.6. The van der Waals surface area contributed by atoms with Gasteiger partial charge in [0.05, 0.1) is 12.2 Å². The maximum atomic E-state index is 12.6. The zero-order valence-corrected chi connectivity index (χ0v) is 9.09. The molecule has 1 rings (SSSR count). The lowest BCUT2D eigenvalue weighted by molar-refractivity contribution is -0.141. The molecule has 3 nitrogen and oxygen atoms in total. The van der Waals surface area contributed by atoms with Crippen LogP contribution in [0.2, 0.25) is 0 Å². The van der Waals surface area contributed by atoms with Crippen LogP contribution < -0.4 is 0 Å². The zero-order valence-electron chi connectivity index (χ0n) is 9.09. The Balaban J connectivity index is 3.44. The van der Waals surface area contributed by atoms with Gasteiger partial charge < -0.3 is 4.74 Å². The first kappa shape index (κ1) is 14.3. The van der Waals surface area contributed by atoms with Crippen molar-refractivity contribution >= 4 is 5.97 Å². The highest BCUT2D eigenvalue weighted by Crippen LogP contribution is 2.34. The SMILES string of the molecule is CCOC(=O)c1c(C(F)F)ccnc1C(F)(F)F. The van der Waals surface area contributed by atoms with Crippen molar-refractivity contribution in [3.63, 3.8) is 0 Å². The number of hydrogen-bond donors (Lipinski definition) is 0. The van der Waals surface area contributed by atoms with Crippen LogP contribution in [0.4, 0.5) is 22.0 Å². The number of rotatable bonds is 3. The fourth-order valence-electron chi connectivity index (χ4n) is 1.29. The summed E-state index contributed by atoms with van der Waals surface area (Å²) in [6.45, 7) is 1.12. The molecule has 100 valence electrons. The van der Waals surface area contributed by atoms with Crippen LogP contribution in [-0.2, 0) is 10.9 Å². The van der Waals surface area contributed by atoms with E-state index >= 15 is 0 Å². The molecule has 0 spiro atoms. The molecule has 0 aromatic carbocycles. The standard InChI is InChI=1S/C10H8F5NO2/c1-2-18-9(17)6-5(8(11)12)3-4-16-7(6)10(13,14)15/h3-4,8H,2H2,1H3. The smallest absolute Gasteiger partial charge is 0.434 e. The first-order valence-corrected chi connectivity index (χ1v) is 4.80. The molecule has 18 heavy (non-hydrogen) atoms. The van der Waals surface area contributed by atoms with Crippen molar-refractivity contribution in [2.75, 3.05) is 6.61 Å². The summed E-state index contributed by atoms with van der Waals surface area (Å²) >= 11 is 0. The molecule has 0 aliphatic carbocycles. The lowest BCUT2D eigenvalue weighted by atomic mass is 10.1. The van der Waals surface area contributed by atoms with Gasteiger partial charge in [-0.05, 0) is 13.0 Å². The van der Waals surface area contributed by atoms with Gasteiger partial charge in [-0.25, -0.2) is 13.6 Å². The van der Waals surface area contributed by atoms with Crippen LogP contribution in [0.3, 0.4) is 0 Å². The molecule has 8 heteroatoms. The van der Waals surface area contributed by atoms with Crippen LogP contribution in [-0.4, -0.2) is 17.6 Å². The van der Waals surface area contributed by atoms with Crippen molar-refractivity contribution in [1.29, 1.82) is 0 Å². The predicted molar refractivity (Wildman–Crippen MR) is 50.2 cm³/mol. The normalized spacial score (nSPS) is 11.7. The Morgan fingerprint density at radius 1 is 1.44 bits per heavy atom. The average Bonchev–Trinajstić information content (AvgIpc) is 2.27. The van der Waals surface area contributed by atoms with Gasteiger partial charge in [0.2, 0.25) is 0 Å². The second-order valence-electron chi connectivity index (χ2n) is 3.14. The second-order valence-corrected chi connectivity index (χ2v) is 3.14. The number of carbonyl (C=O) groups excluding carboxylic acids is 1. The van der Waals surface area contributed by atoms with E-state index in [4.69, 9.17) is 0 Å². The lowest BCUT2D eigenvalue weighted by Gasteiger charge is -2.14. The summed E-state index contributed by atoms with van der Waals surface area (Å²) in [6, 6.07) is 0.659. The molecule has 0 unspecified atom stereocenters. The third-order valence-electron chi connectivity index (χ3n) is 1.97. The zero-order chi connectivity index (χ0) is 13.9. The number of aromatic nitrogens is 1. The largest absolute Gasteiger partial charge is 0.462 e. The fourth-order valence-corrected chi connectivity index (χ4v) is 1.29. The number of hydrogen-bond acceptors (Lipinski definition) is 3. The average molecular weight is 269 g/mol. The van der Waals surface area contributed by atoms with Crippen LogP contribution in [0.15, 0.2) is 12.3 Å². The fraction of sp³-hybridized carbons (Fsp3) is 0.400. The minimum atomic E-state index is -5.01. The predicted octanol–water partition coefficient (Wildman–Crippen LogP) is 3.21.